The van der Waals surface area contributed by atoms with E-state index in [4.69, 9.17) is 9.79 Å². The molecule has 1 aromatic heterocycles. The predicted octanol–water partition coefficient (Wildman–Crippen LogP) is 0.621. The quantitative estimate of drug-likeness (QED) is 0.675. The summed E-state index contributed by atoms with van der Waals surface area (Å²) in [5, 5.41) is 7.52. The standard InChI is InChI=1S/C13H12N3O5P/c17-12-8-4-1-2-5-9(8)13(18)11-10(12)14-15-16(11)6-3-7-22(19,20)21/h1-2,4-5H,3,6-7H2,(H2,19,20,21). The molecule has 1 aliphatic carbocycles. The minimum Gasteiger partial charge on any atom is -0.324 e. The normalized spacial score (nSPS) is 13.9. The van der Waals surface area contributed by atoms with Gasteiger partial charge in [0.15, 0.2) is 5.69 Å². The fourth-order valence-corrected chi connectivity index (χ4v) is 2.96. The fourth-order valence-electron chi connectivity index (χ4n) is 2.41. The molecule has 3 rings (SSSR count). The van der Waals surface area contributed by atoms with E-state index >= 15 is 0 Å². The lowest BCUT2D eigenvalue weighted by Gasteiger charge is -2.14. The van der Waals surface area contributed by atoms with Gasteiger partial charge in [-0.25, -0.2) is 4.68 Å². The van der Waals surface area contributed by atoms with Crippen molar-refractivity contribution in [2.75, 3.05) is 6.16 Å². The zero-order valence-corrected chi connectivity index (χ0v) is 12.2. The maximum atomic E-state index is 12.5. The van der Waals surface area contributed by atoms with Crippen LogP contribution in [0.3, 0.4) is 0 Å². The third kappa shape index (κ3) is 2.52. The maximum Gasteiger partial charge on any atom is 0.325 e. The van der Waals surface area contributed by atoms with E-state index in [-0.39, 0.29) is 42.1 Å². The number of benzene rings is 1. The number of rotatable bonds is 4. The first kappa shape index (κ1) is 14.8. The molecule has 2 aromatic rings. The van der Waals surface area contributed by atoms with E-state index in [9.17, 15) is 14.2 Å². The molecule has 0 saturated carbocycles. The second kappa shape index (κ2) is 5.24. The highest BCUT2D eigenvalue weighted by Gasteiger charge is 2.34. The predicted molar refractivity (Wildman–Crippen MR) is 74.9 cm³/mol. The lowest BCUT2D eigenvalue weighted by Crippen LogP contribution is -2.23. The van der Waals surface area contributed by atoms with Gasteiger partial charge in [-0.2, -0.15) is 0 Å². The SMILES string of the molecule is O=C1c2ccccc2C(=O)c2c1nnn2CCCP(=O)(O)O. The van der Waals surface area contributed by atoms with Gasteiger partial charge >= 0.3 is 7.60 Å². The topological polar surface area (TPSA) is 122 Å². The molecule has 0 atom stereocenters. The molecule has 0 bridgehead atoms. The lowest BCUT2D eigenvalue weighted by molar-refractivity contribution is 0.0970. The van der Waals surface area contributed by atoms with E-state index < -0.39 is 7.60 Å². The first-order chi connectivity index (χ1) is 10.4. The second-order valence-electron chi connectivity index (χ2n) is 4.96. The Labute approximate surface area is 124 Å². The third-order valence-corrected chi connectivity index (χ3v) is 4.30. The van der Waals surface area contributed by atoms with Gasteiger partial charge in [0.05, 0.1) is 6.16 Å². The molecule has 8 nitrogen and oxygen atoms in total. The largest absolute Gasteiger partial charge is 0.325 e. The van der Waals surface area contributed by atoms with Gasteiger partial charge in [0, 0.05) is 17.7 Å². The van der Waals surface area contributed by atoms with Crippen molar-refractivity contribution in [2.45, 2.75) is 13.0 Å². The number of hydrogen-bond acceptors (Lipinski definition) is 5. The van der Waals surface area contributed by atoms with Gasteiger partial charge in [0.1, 0.15) is 5.69 Å². The number of fused-ring (bicyclic) bond motifs is 2. The van der Waals surface area contributed by atoms with E-state index in [1.54, 1.807) is 24.3 Å². The molecule has 0 unspecified atom stereocenters. The number of carbonyl (C=O) groups is 2. The van der Waals surface area contributed by atoms with Crippen LogP contribution in [0, 0.1) is 0 Å². The van der Waals surface area contributed by atoms with Gasteiger partial charge in [-0.1, -0.05) is 29.5 Å². The number of hydrogen-bond donors (Lipinski definition) is 2. The number of ketones is 2. The lowest BCUT2D eigenvalue weighted by atomic mass is 9.90. The number of nitrogens with zero attached hydrogens (tertiary/aromatic N) is 3. The van der Waals surface area contributed by atoms with Crippen LogP contribution in [-0.4, -0.2) is 42.5 Å². The van der Waals surface area contributed by atoms with Crippen molar-refractivity contribution in [1.82, 2.24) is 15.0 Å². The minimum absolute atomic E-state index is 0.0140. The van der Waals surface area contributed by atoms with Crippen LogP contribution in [-0.2, 0) is 11.1 Å². The molecule has 114 valence electrons. The van der Waals surface area contributed by atoms with Crippen molar-refractivity contribution in [3.63, 3.8) is 0 Å². The molecule has 22 heavy (non-hydrogen) atoms. The summed E-state index contributed by atoms with van der Waals surface area (Å²) in [5.74, 6) is -0.724. The van der Waals surface area contributed by atoms with E-state index in [0.29, 0.717) is 11.1 Å². The molecule has 1 aromatic carbocycles. The summed E-state index contributed by atoms with van der Waals surface area (Å²) in [7, 11) is -4.11. The first-order valence-corrected chi connectivity index (χ1v) is 8.35. The second-order valence-corrected chi connectivity index (χ2v) is 6.73. The Morgan fingerprint density at radius 1 is 1.09 bits per heavy atom. The van der Waals surface area contributed by atoms with Gasteiger partial charge in [0.2, 0.25) is 11.6 Å². The van der Waals surface area contributed by atoms with Crippen LogP contribution in [0.5, 0.6) is 0 Å². The van der Waals surface area contributed by atoms with E-state index in [2.05, 4.69) is 10.3 Å². The summed E-state index contributed by atoms with van der Waals surface area (Å²) in [5.41, 5.74) is 0.648. The zero-order chi connectivity index (χ0) is 15.9. The fraction of sp³-hybridized carbons (Fsp3) is 0.231. The molecular weight excluding hydrogens is 309 g/mol. The molecule has 0 radical (unpaired) electrons. The molecule has 0 fully saturated rings. The molecule has 2 N–H and O–H groups in total. The summed E-state index contributed by atoms with van der Waals surface area (Å²) in [4.78, 5) is 42.5. The summed E-state index contributed by atoms with van der Waals surface area (Å²) in [6, 6.07) is 6.45. The first-order valence-electron chi connectivity index (χ1n) is 6.55. The number of aryl methyl sites for hydroxylation is 1. The average molecular weight is 321 g/mol. The Morgan fingerprint density at radius 2 is 1.73 bits per heavy atom. The van der Waals surface area contributed by atoms with Gasteiger partial charge in [0.25, 0.3) is 0 Å². The van der Waals surface area contributed by atoms with Gasteiger partial charge in [-0.3, -0.25) is 14.2 Å². The average Bonchev–Trinajstić information content (AvgIpc) is 2.88. The van der Waals surface area contributed by atoms with Crippen molar-refractivity contribution >= 4 is 19.2 Å². The summed E-state index contributed by atoms with van der Waals surface area (Å²) >= 11 is 0. The summed E-state index contributed by atoms with van der Waals surface area (Å²) < 4.78 is 12.1. The molecular formula is C13H12N3O5P. The zero-order valence-electron chi connectivity index (χ0n) is 11.3. The highest BCUT2D eigenvalue weighted by Crippen LogP contribution is 2.35. The molecule has 0 amide bonds. The maximum absolute atomic E-state index is 12.5. The van der Waals surface area contributed by atoms with Crippen molar-refractivity contribution in [3.05, 3.63) is 46.8 Å². The van der Waals surface area contributed by atoms with Crippen LogP contribution in [0.25, 0.3) is 0 Å². The monoisotopic (exact) mass is 321 g/mol. The van der Waals surface area contributed by atoms with Crippen LogP contribution in [0.1, 0.15) is 38.5 Å². The number of carbonyl (C=O) groups excluding carboxylic acids is 2. The van der Waals surface area contributed by atoms with Crippen LogP contribution >= 0.6 is 7.60 Å². The van der Waals surface area contributed by atoms with Crippen LogP contribution in [0.2, 0.25) is 0 Å². The molecule has 9 heteroatoms. The van der Waals surface area contributed by atoms with Crippen LogP contribution in [0.15, 0.2) is 24.3 Å². The van der Waals surface area contributed by atoms with Crippen molar-refractivity contribution < 1.29 is 23.9 Å². The summed E-state index contributed by atoms with van der Waals surface area (Å²) in [6.07, 6.45) is -0.191. The van der Waals surface area contributed by atoms with Gasteiger partial charge < -0.3 is 9.79 Å². The van der Waals surface area contributed by atoms with E-state index in [0.717, 1.165) is 0 Å². The van der Waals surface area contributed by atoms with E-state index in [1.807, 2.05) is 0 Å². The van der Waals surface area contributed by atoms with Crippen molar-refractivity contribution in [2.24, 2.45) is 0 Å². The highest BCUT2D eigenvalue weighted by molar-refractivity contribution is 7.51. The third-order valence-electron chi connectivity index (χ3n) is 3.40. The van der Waals surface area contributed by atoms with E-state index in [1.165, 1.54) is 4.68 Å². The summed E-state index contributed by atoms with van der Waals surface area (Å²) in [6.45, 7) is 0.106. The molecule has 0 saturated heterocycles. The number of aromatic nitrogens is 3. The Bertz CT molecular complexity index is 823. The molecule has 1 aliphatic rings. The Hall–Kier alpha value is -2.15. The molecule has 1 heterocycles. The Balaban J connectivity index is 1.93. The van der Waals surface area contributed by atoms with Crippen LogP contribution in [0.4, 0.5) is 0 Å². The van der Waals surface area contributed by atoms with Gasteiger partial charge in [-0.05, 0) is 6.42 Å². The van der Waals surface area contributed by atoms with Crippen LogP contribution < -0.4 is 0 Å². The Kier molecular flexibility index (Phi) is 3.52. The molecule has 0 spiro atoms. The van der Waals surface area contributed by atoms with Crippen molar-refractivity contribution in [3.8, 4) is 0 Å². The van der Waals surface area contributed by atoms with Crippen molar-refractivity contribution in [1.29, 1.82) is 0 Å². The Morgan fingerprint density at radius 3 is 2.36 bits per heavy atom. The highest BCUT2D eigenvalue weighted by atomic mass is 31.2. The smallest absolute Gasteiger partial charge is 0.324 e. The van der Waals surface area contributed by atoms with Gasteiger partial charge in [-0.15, -0.1) is 5.10 Å². The molecule has 0 aliphatic heterocycles. The minimum atomic E-state index is -4.11.